The molecule has 1 rings (SSSR count). The number of ether oxygens (including phenoxy) is 1. The van der Waals surface area contributed by atoms with Crippen molar-refractivity contribution in [1.29, 1.82) is 0 Å². The molecule has 0 bridgehead atoms. The standard InChI is InChI=1S/C7H9NO2/c1-2-10-7-4-3-5-8(9)6-7/h3-6H,2H2,1H3. The summed E-state index contributed by atoms with van der Waals surface area (Å²) < 4.78 is 5.78. The molecule has 0 saturated carbocycles. The molecule has 0 aliphatic rings. The van der Waals surface area contributed by atoms with Gasteiger partial charge >= 0.3 is 0 Å². The van der Waals surface area contributed by atoms with Crippen molar-refractivity contribution in [2.75, 3.05) is 6.61 Å². The minimum absolute atomic E-state index is 0.587. The predicted molar refractivity (Wildman–Crippen MR) is 36.6 cm³/mol. The summed E-state index contributed by atoms with van der Waals surface area (Å²) in [6.07, 6.45) is 2.81. The highest BCUT2D eigenvalue weighted by molar-refractivity contribution is 5.12. The van der Waals surface area contributed by atoms with Gasteiger partial charge in [-0.2, -0.15) is 4.73 Å². The van der Waals surface area contributed by atoms with Gasteiger partial charge < -0.3 is 9.94 Å². The van der Waals surface area contributed by atoms with Crippen LogP contribution in [0.2, 0.25) is 0 Å². The molecule has 54 valence electrons. The summed E-state index contributed by atoms with van der Waals surface area (Å²) in [6.45, 7) is 2.46. The Labute approximate surface area is 59.5 Å². The Morgan fingerprint density at radius 3 is 3.10 bits per heavy atom. The average Bonchev–Trinajstić information content (AvgIpc) is 1.88. The van der Waals surface area contributed by atoms with Gasteiger partial charge in [-0.3, -0.25) is 0 Å². The second kappa shape index (κ2) is 3.06. The van der Waals surface area contributed by atoms with E-state index in [0.717, 1.165) is 0 Å². The van der Waals surface area contributed by atoms with Crippen LogP contribution >= 0.6 is 0 Å². The zero-order valence-electron chi connectivity index (χ0n) is 5.78. The largest absolute Gasteiger partial charge is 0.619 e. The summed E-state index contributed by atoms with van der Waals surface area (Å²) in [5.41, 5.74) is 0. The van der Waals surface area contributed by atoms with Crippen LogP contribution in [0.3, 0.4) is 0 Å². The van der Waals surface area contributed by atoms with Gasteiger partial charge in [0, 0.05) is 6.07 Å². The maximum atomic E-state index is 10.6. The van der Waals surface area contributed by atoms with Crippen LogP contribution in [-0.4, -0.2) is 6.61 Å². The quantitative estimate of drug-likeness (QED) is 0.447. The topological polar surface area (TPSA) is 36.2 Å². The molecule has 3 heteroatoms. The molecule has 0 amide bonds. The van der Waals surface area contributed by atoms with Crippen LogP contribution in [0, 0.1) is 5.21 Å². The van der Waals surface area contributed by atoms with Gasteiger partial charge in [0.1, 0.15) is 0 Å². The number of hydrogen-bond acceptors (Lipinski definition) is 2. The van der Waals surface area contributed by atoms with Gasteiger partial charge in [-0.1, -0.05) is 0 Å². The van der Waals surface area contributed by atoms with E-state index in [1.54, 1.807) is 12.1 Å². The first-order valence-electron chi connectivity index (χ1n) is 3.14. The lowest BCUT2D eigenvalue weighted by Gasteiger charge is -2.00. The Kier molecular flexibility index (Phi) is 2.10. The molecule has 3 nitrogen and oxygen atoms in total. The van der Waals surface area contributed by atoms with Gasteiger partial charge in [0.25, 0.3) is 0 Å². The van der Waals surface area contributed by atoms with Gasteiger partial charge in [0.05, 0.1) is 6.61 Å². The van der Waals surface area contributed by atoms with Crippen molar-refractivity contribution in [2.24, 2.45) is 0 Å². The highest BCUT2D eigenvalue weighted by Gasteiger charge is 1.93. The molecule has 0 radical (unpaired) electrons. The zero-order chi connectivity index (χ0) is 7.40. The van der Waals surface area contributed by atoms with Crippen LogP contribution < -0.4 is 9.47 Å². The molecule has 0 aromatic carbocycles. The van der Waals surface area contributed by atoms with E-state index in [2.05, 4.69) is 0 Å². The molecule has 1 heterocycles. The molecule has 1 aromatic heterocycles. The zero-order valence-corrected chi connectivity index (χ0v) is 5.78. The van der Waals surface area contributed by atoms with Crippen molar-refractivity contribution in [3.8, 4) is 5.75 Å². The Hall–Kier alpha value is -1.25. The molecule has 1 aromatic rings. The van der Waals surface area contributed by atoms with Crippen molar-refractivity contribution in [3.05, 3.63) is 29.7 Å². The predicted octanol–water partition coefficient (Wildman–Crippen LogP) is 0.719. The third kappa shape index (κ3) is 1.62. The van der Waals surface area contributed by atoms with Crippen LogP contribution in [0.15, 0.2) is 24.5 Å². The Bertz CT molecular complexity index is 213. The number of hydrogen-bond donors (Lipinski definition) is 0. The lowest BCUT2D eigenvalue weighted by Crippen LogP contribution is -2.23. The van der Waals surface area contributed by atoms with Gasteiger partial charge in [0.2, 0.25) is 6.20 Å². The number of aromatic nitrogens is 1. The van der Waals surface area contributed by atoms with E-state index < -0.39 is 0 Å². The summed E-state index contributed by atoms with van der Waals surface area (Å²) in [4.78, 5) is 0. The van der Waals surface area contributed by atoms with Crippen molar-refractivity contribution in [2.45, 2.75) is 6.92 Å². The molecule has 0 fully saturated rings. The van der Waals surface area contributed by atoms with E-state index in [1.807, 2.05) is 6.92 Å². The van der Waals surface area contributed by atoms with Crippen LogP contribution in [0.4, 0.5) is 0 Å². The van der Waals surface area contributed by atoms with Crippen molar-refractivity contribution < 1.29 is 9.47 Å². The first-order valence-corrected chi connectivity index (χ1v) is 3.14. The molecule has 0 saturated heterocycles. The molecule has 0 aliphatic heterocycles. The van der Waals surface area contributed by atoms with Crippen LogP contribution in [-0.2, 0) is 0 Å². The van der Waals surface area contributed by atoms with Crippen LogP contribution in [0.5, 0.6) is 5.75 Å². The second-order valence-electron chi connectivity index (χ2n) is 1.83. The number of rotatable bonds is 2. The van der Waals surface area contributed by atoms with Crippen molar-refractivity contribution in [3.63, 3.8) is 0 Å². The van der Waals surface area contributed by atoms with E-state index in [4.69, 9.17) is 4.74 Å². The SMILES string of the molecule is CCOc1ccc[n+]([O-])c1. The van der Waals surface area contributed by atoms with Gasteiger partial charge in [-0.25, -0.2) is 0 Å². The number of nitrogens with zero attached hydrogens (tertiary/aromatic N) is 1. The highest BCUT2D eigenvalue weighted by atomic mass is 16.5. The fourth-order valence-corrected chi connectivity index (χ4v) is 0.686. The first kappa shape index (κ1) is 6.86. The Balaban J connectivity index is 2.75. The first-order chi connectivity index (χ1) is 4.83. The molecular weight excluding hydrogens is 130 g/mol. The minimum atomic E-state index is 0.587. The Morgan fingerprint density at radius 2 is 2.50 bits per heavy atom. The van der Waals surface area contributed by atoms with Crippen molar-refractivity contribution in [1.82, 2.24) is 0 Å². The summed E-state index contributed by atoms with van der Waals surface area (Å²) >= 11 is 0. The summed E-state index contributed by atoms with van der Waals surface area (Å²) in [6, 6.07) is 3.40. The van der Waals surface area contributed by atoms with Gasteiger partial charge in [-0.05, 0) is 13.0 Å². The molecule has 0 unspecified atom stereocenters. The van der Waals surface area contributed by atoms with Crippen LogP contribution in [0.25, 0.3) is 0 Å². The van der Waals surface area contributed by atoms with Crippen molar-refractivity contribution >= 4 is 0 Å². The highest BCUT2D eigenvalue weighted by Crippen LogP contribution is 2.03. The summed E-state index contributed by atoms with van der Waals surface area (Å²) in [5, 5.41) is 10.6. The maximum absolute atomic E-state index is 10.6. The Morgan fingerprint density at radius 1 is 1.70 bits per heavy atom. The third-order valence-electron chi connectivity index (χ3n) is 1.06. The van der Waals surface area contributed by atoms with Gasteiger partial charge in [0.15, 0.2) is 11.9 Å². The molecule has 0 atom stereocenters. The monoisotopic (exact) mass is 139 g/mol. The van der Waals surface area contributed by atoms with E-state index in [1.165, 1.54) is 12.4 Å². The second-order valence-corrected chi connectivity index (χ2v) is 1.83. The molecule has 0 spiro atoms. The fraction of sp³-hybridized carbons (Fsp3) is 0.286. The van der Waals surface area contributed by atoms with E-state index in [9.17, 15) is 5.21 Å². The molecule has 0 N–H and O–H groups in total. The molecular formula is C7H9NO2. The normalized spacial score (nSPS) is 9.30. The maximum Gasteiger partial charge on any atom is 0.222 e. The smallest absolute Gasteiger partial charge is 0.222 e. The summed E-state index contributed by atoms with van der Waals surface area (Å²) in [5.74, 6) is 0.611. The van der Waals surface area contributed by atoms with Crippen LogP contribution in [0.1, 0.15) is 6.92 Å². The molecule has 0 aliphatic carbocycles. The minimum Gasteiger partial charge on any atom is -0.619 e. The lowest BCUT2D eigenvalue weighted by molar-refractivity contribution is -0.605. The molecule has 10 heavy (non-hydrogen) atoms. The average molecular weight is 139 g/mol. The fourth-order valence-electron chi connectivity index (χ4n) is 0.686. The summed E-state index contributed by atoms with van der Waals surface area (Å²) in [7, 11) is 0. The third-order valence-corrected chi connectivity index (χ3v) is 1.06. The lowest BCUT2D eigenvalue weighted by atomic mass is 10.5. The number of pyridine rings is 1. The van der Waals surface area contributed by atoms with E-state index in [0.29, 0.717) is 17.1 Å². The van der Waals surface area contributed by atoms with E-state index in [-0.39, 0.29) is 0 Å². The van der Waals surface area contributed by atoms with E-state index >= 15 is 0 Å². The van der Waals surface area contributed by atoms with Gasteiger partial charge in [-0.15, -0.1) is 0 Å².